The van der Waals surface area contributed by atoms with Crippen molar-refractivity contribution in [3.05, 3.63) is 227 Å². The van der Waals surface area contributed by atoms with Crippen LogP contribution in [0.4, 0.5) is 0 Å². The number of hydrogen-bond donors (Lipinski definition) is 0. The van der Waals surface area contributed by atoms with Crippen molar-refractivity contribution in [3.63, 3.8) is 0 Å². The molecule has 0 aliphatic rings. The normalized spacial score (nSPS) is 11.0. The Kier molecular flexibility index (Phi) is 16.1. The molecule has 11 heteroatoms. The molecule has 0 fully saturated rings. The number of rotatable bonds is 10. The predicted octanol–water partition coefficient (Wildman–Crippen LogP) is 11.1. The van der Waals surface area contributed by atoms with Gasteiger partial charge in [-0.05, 0) is 114 Å². The maximum atomic E-state index is 13.7. The summed E-state index contributed by atoms with van der Waals surface area (Å²) in [6, 6.07) is 56.7. The van der Waals surface area contributed by atoms with Crippen LogP contribution >= 0.6 is 0 Å². The van der Waals surface area contributed by atoms with Crippen LogP contribution in [-0.2, 0) is 36.1 Å². The van der Waals surface area contributed by atoms with E-state index in [4.69, 9.17) is 9.47 Å². The summed E-state index contributed by atoms with van der Waals surface area (Å²) < 4.78 is 14.3. The van der Waals surface area contributed by atoms with E-state index in [0.29, 0.717) is 33.9 Å². The molecule has 10 nitrogen and oxygen atoms in total. The van der Waals surface area contributed by atoms with Gasteiger partial charge in [-0.3, -0.25) is 0 Å². The molecule has 0 saturated heterocycles. The number of aromatic nitrogens is 4. The van der Waals surface area contributed by atoms with Crippen LogP contribution in [0.25, 0.3) is 33.7 Å². The van der Waals surface area contributed by atoms with E-state index in [0.717, 1.165) is 22.3 Å². The van der Waals surface area contributed by atoms with Gasteiger partial charge in [0.1, 0.15) is 11.2 Å². The first-order valence-corrected chi connectivity index (χ1v) is 22.3. The minimum Gasteiger partial charge on any atom is -0.858 e. The molecule has 353 valence electrons. The van der Waals surface area contributed by atoms with Gasteiger partial charge in [-0.2, -0.15) is 10.2 Å². The topological polar surface area (TPSA) is 134 Å². The van der Waals surface area contributed by atoms with Crippen molar-refractivity contribution in [1.29, 1.82) is 0 Å². The predicted molar refractivity (Wildman–Crippen MR) is 265 cm³/mol. The van der Waals surface area contributed by atoms with Crippen LogP contribution < -0.4 is 10.2 Å². The van der Waals surface area contributed by atoms with Crippen LogP contribution in [-0.4, -0.2) is 42.7 Å². The summed E-state index contributed by atoms with van der Waals surface area (Å²) in [4.78, 5) is 27.5. The van der Waals surface area contributed by atoms with Crippen LogP contribution in [0.1, 0.15) is 86.3 Å². The summed E-state index contributed by atoms with van der Waals surface area (Å²) in [5.41, 5.74) is 6.06. The van der Waals surface area contributed by atoms with Crippen LogP contribution in [0, 0.1) is 13.8 Å². The number of carbonyl (C=O) groups is 2. The van der Waals surface area contributed by atoms with Crippen LogP contribution in [0.5, 0.6) is 11.8 Å². The van der Waals surface area contributed by atoms with Gasteiger partial charge in [0.25, 0.3) is 0 Å². The number of nitrogens with zero attached hydrogens (tertiary/aromatic N) is 4. The molecule has 1 radical (unpaired) electrons. The minimum absolute atomic E-state index is 0. The Morgan fingerprint density at radius 3 is 0.884 bits per heavy atom. The molecular formula is C58H54CuN4O6. The van der Waals surface area contributed by atoms with Crippen molar-refractivity contribution < 1.29 is 46.3 Å². The zero-order valence-electron chi connectivity index (χ0n) is 39.9. The largest absolute Gasteiger partial charge is 2.00 e. The summed E-state index contributed by atoms with van der Waals surface area (Å²) in [6.07, 6.45) is 0. The second-order valence-electron chi connectivity index (χ2n) is 18.0. The van der Waals surface area contributed by atoms with Crippen LogP contribution in [0.3, 0.4) is 0 Å². The third-order valence-electron chi connectivity index (χ3n) is 10.5. The molecule has 69 heavy (non-hydrogen) atoms. The fourth-order valence-electron chi connectivity index (χ4n) is 7.72. The Morgan fingerprint density at radius 1 is 0.420 bits per heavy atom. The number of carbonyl (C=O) groups excluding carboxylic acids is 2. The Labute approximate surface area is 414 Å². The van der Waals surface area contributed by atoms with Crippen molar-refractivity contribution in [2.75, 3.05) is 0 Å². The number of hydrogen-bond acceptors (Lipinski definition) is 8. The van der Waals surface area contributed by atoms with E-state index in [9.17, 15) is 19.8 Å². The van der Waals surface area contributed by atoms with Gasteiger partial charge in [-0.25, -0.2) is 19.0 Å². The number of aryl methyl sites for hydroxylation is 2. The first-order valence-electron chi connectivity index (χ1n) is 22.3. The zero-order valence-corrected chi connectivity index (χ0v) is 40.8. The average molecular weight is 967 g/mol. The van der Waals surface area contributed by atoms with Crippen molar-refractivity contribution in [2.45, 2.75) is 66.6 Å². The van der Waals surface area contributed by atoms with Gasteiger partial charge >= 0.3 is 29.0 Å². The molecular weight excluding hydrogens is 912 g/mol. The molecule has 8 rings (SSSR count). The van der Waals surface area contributed by atoms with E-state index in [1.54, 1.807) is 13.8 Å². The van der Waals surface area contributed by atoms with Gasteiger partial charge in [0.15, 0.2) is 0 Å². The fourth-order valence-corrected chi connectivity index (χ4v) is 7.72. The van der Waals surface area contributed by atoms with Crippen molar-refractivity contribution >= 4 is 34.2 Å². The summed E-state index contributed by atoms with van der Waals surface area (Å²) in [7, 11) is 0. The van der Waals surface area contributed by atoms with Gasteiger partial charge in [0.2, 0.25) is 0 Å². The molecule has 0 bridgehead atoms. The maximum Gasteiger partial charge on any atom is 2.00 e. The minimum atomic E-state index is -0.743. The van der Waals surface area contributed by atoms with E-state index in [1.807, 2.05) is 224 Å². The second-order valence-corrected chi connectivity index (χ2v) is 18.0. The first-order chi connectivity index (χ1) is 32.5. The van der Waals surface area contributed by atoms with Crippen molar-refractivity contribution in [2.24, 2.45) is 0 Å². The van der Waals surface area contributed by atoms with Gasteiger partial charge in [0.05, 0.1) is 33.9 Å². The quantitative estimate of drug-likeness (QED) is 0.0751. The molecule has 0 unspecified atom stereocenters. The summed E-state index contributed by atoms with van der Waals surface area (Å²) >= 11 is 0. The zero-order chi connectivity index (χ0) is 48.6. The third-order valence-corrected chi connectivity index (χ3v) is 10.5. The van der Waals surface area contributed by atoms with Gasteiger partial charge in [-0.15, -0.1) is 0 Å². The standard InChI is InChI=1S/2C29H28N2O3.Cu/c2*1-20-24(27(32)31(30-20)23-18-12-7-13-19-23)26(28(33)34-29(2,3)4)25(21-14-8-5-9-15-21)22-16-10-6-11-17-22;/h2*5-19,32H,1-4H3;/q;;+2/p-2. The van der Waals surface area contributed by atoms with E-state index in [2.05, 4.69) is 10.2 Å². The summed E-state index contributed by atoms with van der Waals surface area (Å²) in [6.45, 7) is 14.4. The van der Waals surface area contributed by atoms with E-state index in [-0.39, 0.29) is 51.1 Å². The van der Waals surface area contributed by atoms with Gasteiger partial charge in [0, 0.05) is 22.3 Å². The molecule has 0 amide bonds. The Hall–Kier alpha value is -7.72. The number of esters is 2. The fraction of sp³-hybridized carbons (Fsp3) is 0.172. The maximum absolute atomic E-state index is 13.7. The van der Waals surface area contributed by atoms with E-state index >= 15 is 0 Å². The number of ether oxygens (including phenoxy) is 2. The average Bonchev–Trinajstić information content (AvgIpc) is 3.79. The molecule has 0 spiro atoms. The first kappa shape index (κ1) is 50.7. The molecule has 0 atom stereocenters. The molecule has 0 aliphatic carbocycles. The SMILES string of the molecule is Cc1nn(-c2ccccc2)c([O-])c1C(C(=O)OC(C)(C)C)=C(c1ccccc1)c1ccccc1.Cc1nn(-c2ccccc2)c([O-])c1C(C(=O)OC(C)(C)C)=C(c1ccccc1)c1ccccc1.[Cu+2]. The monoisotopic (exact) mass is 965 g/mol. The van der Waals surface area contributed by atoms with Gasteiger partial charge < -0.3 is 19.7 Å². The number of benzene rings is 6. The van der Waals surface area contributed by atoms with E-state index in [1.165, 1.54) is 9.36 Å². The van der Waals surface area contributed by atoms with E-state index < -0.39 is 23.1 Å². The summed E-state index contributed by atoms with van der Waals surface area (Å²) in [5.74, 6) is -1.87. The molecule has 2 aromatic heterocycles. The molecule has 0 N–H and O–H groups in total. The molecule has 6 aromatic carbocycles. The van der Waals surface area contributed by atoms with Crippen molar-refractivity contribution in [3.8, 4) is 23.1 Å². The number of para-hydroxylation sites is 2. The molecule has 8 aromatic rings. The Balaban J connectivity index is 0.000000224. The Morgan fingerprint density at radius 2 is 0.652 bits per heavy atom. The van der Waals surface area contributed by atoms with Crippen LogP contribution in [0.15, 0.2) is 182 Å². The van der Waals surface area contributed by atoms with Crippen molar-refractivity contribution in [1.82, 2.24) is 19.6 Å². The molecule has 2 heterocycles. The molecule has 0 saturated carbocycles. The van der Waals surface area contributed by atoms with Gasteiger partial charge in [-0.1, -0.05) is 158 Å². The second kappa shape index (κ2) is 21.9. The summed E-state index contributed by atoms with van der Waals surface area (Å²) in [5, 5.41) is 36.5. The Bertz CT molecular complexity index is 2770. The van der Waals surface area contributed by atoms with Crippen LogP contribution in [0.2, 0.25) is 0 Å². The third kappa shape index (κ3) is 12.1. The molecule has 0 aliphatic heterocycles. The smallest absolute Gasteiger partial charge is 0.858 e.